The van der Waals surface area contributed by atoms with Crippen LogP contribution in [0.5, 0.6) is 0 Å². The standard InChI is InChI=1S/C30H34ClFN6O/c1-30(12-18-7-5-4-6-17(18)10-24(30)39)25-23(31)11-22-27(26(25)32)34-29(38-15-21(16-38)36(2)3)35-28(22)37-13-19-8-9-20(14-37)33-19/h4-7,10-12,19-21,24,33,39H,8-9,13-16H2,1-3H3. The second-order valence-corrected chi connectivity index (χ2v) is 12.4. The van der Waals surface area contributed by atoms with E-state index in [9.17, 15) is 5.11 Å². The highest BCUT2D eigenvalue weighted by molar-refractivity contribution is 6.32. The molecule has 4 atom stereocenters. The highest BCUT2D eigenvalue weighted by Crippen LogP contribution is 2.43. The first-order chi connectivity index (χ1) is 18.7. The molecule has 204 valence electrons. The SMILES string of the molecule is CN(C)C1CN(c2nc(N3CC4CCC(C3)N4)c3cc(Cl)c(C4(C)C=c5ccccc5=CC4O)c(F)c3n2)C1. The van der Waals surface area contributed by atoms with Gasteiger partial charge in [-0.1, -0.05) is 41.9 Å². The molecular formula is C30H34ClFN6O. The molecule has 7 nitrogen and oxygen atoms in total. The minimum atomic E-state index is -1.06. The summed E-state index contributed by atoms with van der Waals surface area (Å²) in [6.07, 6.45) is 5.03. The minimum absolute atomic E-state index is 0.259. The van der Waals surface area contributed by atoms with E-state index in [0.29, 0.717) is 29.5 Å². The molecule has 1 aliphatic carbocycles. The number of benzene rings is 2. The Morgan fingerprint density at radius 1 is 1.05 bits per heavy atom. The molecule has 1 aromatic heterocycles. The van der Waals surface area contributed by atoms with E-state index in [2.05, 4.69) is 34.1 Å². The molecule has 2 bridgehead atoms. The van der Waals surface area contributed by atoms with E-state index < -0.39 is 17.3 Å². The fourth-order valence-corrected chi connectivity index (χ4v) is 7.12. The highest BCUT2D eigenvalue weighted by Gasteiger charge is 2.40. The number of hydrogen-bond acceptors (Lipinski definition) is 7. The Bertz CT molecular complexity index is 1580. The zero-order valence-corrected chi connectivity index (χ0v) is 23.3. The molecule has 3 aliphatic heterocycles. The van der Waals surface area contributed by atoms with Crippen LogP contribution < -0.4 is 25.6 Å². The Morgan fingerprint density at radius 3 is 2.44 bits per heavy atom. The van der Waals surface area contributed by atoms with Gasteiger partial charge in [-0.2, -0.15) is 4.98 Å². The molecule has 7 rings (SSSR count). The van der Waals surface area contributed by atoms with Crippen molar-refractivity contribution >= 4 is 46.4 Å². The predicted octanol–water partition coefficient (Wildman–Crippen LogP) is 2.01. The summed E-state index contributed by atoms with van der Waals surface area (Å²) < 4.78 is 16.8. The van der Waals surface area contributed by atoms with Gasteiger partial charge in [-0.25, -0.2) is 9.37 Å². The third-order valence-electron chi connectivity index (χ3n) is 9.18. The lowest BCUT2D eigenvalue weighted by Gasteiger charge is -2.43. The lowest BCUT2D eigenvalue weighted by Crippen LogP contribution is -2.58. The van der Waals surface area contributed by atoms with Crippen molar-refractivity contribution in [3.8, 4) is 0 Å². The minimum Gasteiger partial charge on any atom is -0.388 e. The van der Waals surface area contributed by atoms with Crippen molar-refractivity contribution in [3.63, 3.8) is 0 Å². The largest absolute Gasteiger partial charge is 0.388 e. The summed E-state index contributed by atoms with van der Waals surface area (Å²) in [5.74, 6) is 0.795. The number of halogens is 2. The van der Waals surface area contributed by atoms with Crippen molar-refractivity contribution in [2.45, 2.75) is 49.4 Å². The first-order valence-corrected chi connectivity index (χ1v) is 14.2. The van der Waals surface area contributed by atoms with Gasteiger partial charge in [0, 0.05) is 65.7 Å². The number of piperazine rings is 1. The number of anilines is 2. The Morgan fingerprint density at radius 2 is 1.74 bits per heavy atom. The molecule has 0 saturated carbocycles. The normalized spacial score (nSPS) is 28.3. The number of aliphatic hydroxyl groups is 1. The summed E-state index contributed by atoms with van der Waals surface area (Å²) >= 11 is 6.91. The third-order valence-corrected chi connectivity index (χ3v) is 9.48. The van der Waals surface area contributed by atoms with E-state index in [0.717, 1.165) is 55.3 Å². The Hall–Kier alpha value is -2.78. The smallest absolute Gasteiger partial charge is 0.228 e. The Balaban J connectivity index is 1.40. The summed E-state index contributed by atoms with van der Waals surface area (Å²) in [4.78, 5) is 16.4. The second kappa shape index (κ2) is 9.13. The van der Waals surface area contributed by atoms with Crippen LogP contribution in [0, 0.1) is 5.82 Å². The summed E-state index contributed by atoms with van der Waals surface area (Å²) in [6, 6.07) is 10.8. The van der Waals surface area contributed by atoms with Crippen LogP contribution in [0.2, 0.25) is 5.02 Å². The van der Waals surface area contributed by atoms with Crippen molar-refractivity contribution in [3.05, 3.63) is 57.2 Å². The fourth-order valence-electron chi connectivity index (χ4n) is 6.73. The van der Waals surface area contributed by atoms with E-state index in [-0.39, 0.29) is 16.1 Å². The molecule has 2 aromatic carbocycles. The van der Waals surface area contributed by atoms with E-state index in [4.69, 9.17) is 21.6 Å². The van der Waals surface area contributed by atoms with E-state index >= 15 is 4.39 Å². The molecule has 0 amide bonds. The maximum Gasteiger partial charge on any atom is 0.228 e. The van der Waals surface area contributed by atoms with Crippen LogP contribution in [-0.2, 0) is 5.41 Å². The summed E-state index contributed by atoms with van der Waals surface area (Å²) in [5, 5.41) is 17.7. The highest BCUT2D eigenvalue weighted by atomic mass is 35.5. The maximum absolute atomic E-state index is 16.8. The van der Waals surface area contributed by atoms with Gasteiger partial charge in [0.2, 0.25) is 5.95 Å². The summed E-state index contributed by atoms with van der Waals surface area (Å²) in [7, 11) is 4.14. The molecular weight excluding hydrogens is 515 g/mol. The summed E-state index contributed by atoms with van der Waals surface area (Å²) in [5.41, 5.74) is -0.537. The van der Waals surface area contributed by atoms with Crippen molar-refractivity contribution < 1.29 is 9.50 Å². The lowest BCUT2D eigenvalue weighted by molar-refractivity contribution is 0.179. The molecule has 9 heteroatoms. The number of fused-ring (bicyclic) bond motifs is 4. The van der Waals surface area contributed by atoms with Gasteiger partial charge in [-0.15, -0.1) is 0 Å². The van der Waals surface area contributed by atoms with Crippen LogP contribution >= 0.6 is 11.6 Å². The van der Waals surface area contributed by atoms with Crippen LogP contribution in [0.4, 0.5) is 16.2 Å². The molecule has 3 fully saturated rings. The molecule has 39 heavy (non-hydrogen) atoms. The molecule has 4 unspecified atom stereocenters. The van der Waals surface area contributed by atoms with Gasteiger partial charge in [0.05, 0.1) is 6.10 Å². The predicted molar refractivity (Wildman–Crippen MR) is 154 cm³/mol. The number of hydrogen-bond donors (Lipinski definition) is 2. The number of aromatic nitrogens is 2. The first-order valence-electron chi connectivity index (χ1n) is 13.8. The molecule has 3 saturated heterocycles. The van der Waals surface area contributed by atoms with E-state index in [1.54, 1.807) is 6.08 Å². The van der Waals surface area contributed by atoms with Gasteiger partial charge >= 0.3 is 0 Å². The van der Waals surface area contributed by atoms with Crippen LogP contribution in [0.15, 0.2) is 30.3 Å². The second-order valence-electron chi connectivity index (χ2n) is 12.0. The zero-order valence-electron chi connectivity index (χ0n) is 22.5. The van der Waals surface area contributed by atoms with Crippen LogP contribution in [-0.4, -0.2) is 84.5 Å². The van der Waals surface area contributed by atoms with Crippen molar-refractivity contribution in [2.75, 3.05) is 50.1 Å². The number of nitrogens with one attached hydrogen (secondary N) is 1. The van der Waals surface area contributed by atoms with Crippen LogP contribution in [0.3, 0.4) is 0 Å². The average molecular weight is 549 g/mol. The van der Waals surface area contributed by atoms with E-state index in [1.807, 2.05) is 43.3 Å². The van der Waals surface area contributed by atoms with Crippen molar-refractivity contribution in [1.82, 2.24) is 20.2 Å². The van der Waals surface area contributed by atoms with E-state index in [1.165, 1.54) is 0 Å². The van der Waals surface area contributed by atoms with Crippen LogP contribution in [0.1, 0.15) is 25.3 Å². The van der Waals surface area contributed by atoms with Crippen LogP contribution in [0.25, 0.3) is 23.1 Å². The average Bonchev–Trinajstić information content (AvgIpc) is 3.20. The Labute approximate surface area is 232 Å². The third kappa shape index (κ3) is 4.03. The monoisotopic (exact) mass is 548 g/mol. The van der Waals surface area contributed by atoms with Gasteiger partial charge in [-0.3, -0.25) is 0 Å². The molecule has 0 radical (unpaired) electrons. The number of aliphatic hydroxyl groups excluding tert-OH is 1. The Kier molecular flexibility index (Phi) is 5.90. The maximum atomic E-state index is 16.8. The zero-order chi connectivity index (χ0) is 27.1. The molecule has 4 aliphatic rings. The number of nitrogens with zero attached hydrogens (tertiary/aromatic N) is 5. The molecule has 2 N–H and O–H groups in total. The van der Waals surface area contributed by atoms with Gasteiger partial charge in [0.25, 0.3) is 0 Å². The number of likely N-dealkylation sites (N-methyl/N-ethyl adjacent to an activating group) is 1. The first kappa shape index (κ1) is 25.2. The van der Waals surface area contributed by atoms with Gasteiger partial charge < -0.3 is 25.1 Å². The number of rotatable bonds is 4. The quantitative estimate of drug-likeness (QED) is 0.517. The van der Waals surface area contributed by atoms with Crippen molar-refractivity contribution in [2.24, 2.45) is 0 Å². The van der Waals surface area contributed by atoms with Gasteiger partial charge in [-0.05, 0) is 56.4 Å². The van der Waals surface area contributed by atoms with Gasteiger partial charge in [0.1, 0.15) is 11.3 Å². The molecule has 3 aromatic rings. The van der Waals surface area contributed by atoms with Crippen molar-refractivity contribution in [1.29, 1.82) is 0 Å². The lowest BCUT2D eigenvalue weighted by atomic mass is 9.73. The topological polar surface area (TPSA) is 67.8 Å². The fraction of sp³-hybridized carbons (Fsp3) is 0.467. The molecule has 4 heterocycles. The van der Waals surface area contributed by atoms with Gasteiger partial charge in [0.15, 0.2) is 5.82 Å². The molecule has 0 spiro atoms. The summed E-state index contributed by atoms with van der Waals surface area (Å²) in [6.45, 7) is 5.07.